The van der Waals surface area contributed by atoms with E-state index < -0.39 is 6.10 Å². The van der Waals surface area contributed by atoms with Gasteiger partial charge in [-0.05, 0) is 49.7 Å². The fraction of sp³-hybridized carbons (Fsp3) is 0.273. The molecule has 0 saturated heterocycles. The largest absolute Gasteiger partial charge is 0.497 e. The molecule has 162 valence electrons. The molecule has 9 heteroatoms. The number of esters is 1. The van der Waals surface area contributed by atoms with Gasteiger partial charge in [-0.2, -0.15) is 15.0 Å². The number of nitrogen functional groups attached to an aromatic ring is 1. The lowest BCUT2D eigenvalue weighted by Gasteiger charge is -2.14. The van der Waals surface area contributed by atoms with Crippen molar-refractivity contribution in [1.82, 2.24) is 15.0 Å². The van der Waals surface area contributed by atoms with E-state index in [1.165, 1.54) is 0 Å². The van der Waals surface area contributed by atoms with Gasteiger partial charge in [-0.3, -0.25) is 4.79 Å². The Labute approximate surface area is 180 Å². The lowest BCUT2D eigenvalue weighted by Crippen LogP contribution is -2.15. The van der Waals surface area contributed by atoms with Gasteiger partial charge in [-0.25, -0.2) is 0 Å². The van der Waals surface area contributed by atoms with Crippen molar-refractivity contribution < 1.29 is 19.0 Å². The topological polar surface area (TPSA) is 121 Å². The van der Waals surface area contributed by atoms with Crippen LogP contribution in [-0.2, 0) is 9.53 Å². The van der Waals surface area contributed by atoms with Crippen LogP contribution in [0.1, 0.15) is 31.7 Å². The average Bonchev–Trinajstić information content (AvgIpc) is 2.77. The summed E-state index contributed by atoms with van der Waals surface area (Å²) in [6.07, 6.45) is 0.0464. The van der Waals surface area contributed by atoms with Crippen molar-refractivity contribution in [2.45, 2.75) is 25.9 Å². The number of aromatic nitrogens is 3. The predicted molar refractivity (Wildman–Crippen MR) is 116 cm³/mol. The highest BCUT2D eigenvalue weighted by Gasteiger charge is 2.17. The smallest absolute Gasteiger partial charge is 0.306 e. The molecule has 1 atom stereocenters. The third-order valence-corrected chi connectivity index (χ3v) is 4.23. The van der Waals surface area contributed by atoms with Gasteiger partial charge in [0.25, 0.3) is 0 Å². The molecule has 0 unspecified atom stereocenters. The minimum Gasteiger partial charge on any atom is -0.497 e. The van der Waals surface area contributed by atoms with Crippen LogP contribution in [0.3, 0.4) is 0 Å². The quantitative estimate of drug-likeness (QED) is 0.371. The first kappa shape index (κ1) is 21.8. The van der Waals surface area contributed by atoms with E-state index in [0.29, 0.717) is 18.8 Å². The number of hydrogen-bond acceptors (Lipinski definition) is 9. The molecule has 0 radical (unpaired) electrons. The molecule has 2 aromatic carbocycles. The van der Waals surface area contributed by atoms with Crippen LogP contribution >= 0.6 is 0 Å². The first-order chi connectivity index (χ1) is 15.0. The number of anilines is 3. The fourth-order valence-electron chi connectivity index (χ4n) is 2.68. The molecule has 0 aliphatic heterocycles. The van der Waals surface area contributed by atoms with Crippen LogP contribution in [-0.4, -0.2) is 34.6 Å². The second-order valence-corrected chi connectivity index (χ2v) is 6.63. The van der Waals surface area contributed by atoms with Crippen molar-refractivity contribution in [2.24, 2.45) is 0 Å². The van der Waals surface area contributed by atoms with Gasteiger partial charge in [0.15, 0.2) is 11.9 Å². The molecule has 0 spiro atoms. The van der Waals surface area contributed by atoms with Gasteiger partial charge in [0.2, 0.25) is 11.9 Å². The van der Waals surface area contributed by atoms with Crippen molar-refractivity contribution in [3.8, 4) is 11.5 Å². The third-order valence-electron chi connectivity index (χ3n) is 4.23. The minimum absolute atomic E-state index is 0.0409. The van der Waals surface area contributed by atoms with Crippen molar-refractivity contribution in [2.75, 3.05) is 24.8 Å². The average molecular weight is 423 g/mol. The zero-order valence-corrected chi connectivity index (χ0v) is 17.4. The first-order valence-corrected chi connectivity index (χ1v) is 9.83. The van der Waals surface area contributed by atoms with Crippen LogP contribution in [0.25, 0.3) is 0 Å². The van der Waals surface area contributed by atoms with Gasteiger partial charge in [0, 0.05) is 12.1 Å². The monoisotopic (exact) mass is 423 g/mol. The number of nitrogens with one attached hydrogen (secondary N) is 1. The second kappa shape index (κ2) is 10.8. The zero-order chi connectivity index (χ0) is 22.1. The molecule has 9 nitrogen and oxygen atoms in total. The maximum Gasteiger partial charge on any atom is 0.306 e. The maximum absolute atomic E-state index is 12.2. The van der Waals surface area contributed by atoms with E-state index in [1.54, 1.807) is 14.0 Å². The molecule has 0 fully saturated rings. The second-order valence-electron chi connectivity index (χ2n) is 6.63. The number of methoxy groups -OCH3 is 1. The number of nitrogens with zero attached hydrogens (tertiary/aromatic N) is 3. The number of rotatable bonds is 10. The van der Waals surface area contributed by atoms with Gasteiger partial charge < -0.3 is 25.3 Å². The molecule has 0 bridgehead atoms. The summed E-state index contributed by atoms with van der Waals surface area (Å²) in [5, 5.41) is 3.05. The predicted octanol–water partition coefficient (Wildman–Crippen LogP) is 3.67. The van der Waals surface area contributed by atoms with Crippen LogP contribution in [0.2, 0.25) is 0 Å². The first-order valence-electron chi connectivity index (χ1n) is 9.83. The summed E-state index contributed by atoms with van der Waals surface area (Å²) in [5.74, 6) is 1.69. The summed E-state index contributed by atoms with van der Waals surface area (Å²) in [6.45, 7) is 2.08. The van der Waals surface area contributed by atoms with E-state index in [-0.39, 0.29) is 30.1 Å². The molecule has 31 heavy (non-hydrogen) atoms. The highest BCUT2D eigenvalue weighted by Crippen LogP contribution is 2.19. The summed E-state index contributed by atoms with van der Waals surface area (Å²) in [4.78, 5) is 24.6. The molecule has 0 aliphatic rings. The van der Waals surface area contributed by atoms with E-state index in [9.17, 15) is 4.79 Å². The van der Waals surface area contributed by atoms with E-state index >= 15 is 0 Å². The Morgan fingerprint density at radius 2 is 1.74 bits per heavy atom. The minimum atomic E-state index is -0.670. The summed E-state index contributed by atoms with van der Waals surface area (Å²) in [5.41, 5.74) is 6.59. The van der Waals surface area contributed by atoms with E-state index in [0.717, 1.165) is 11.4 Å². The Bertz CT molecular complexity index is 983. The highest BCUT2D eigenvalue weighted by molar-refractivity contribution is 5.69. The fourth-order valence-corrected chi connectivity index (χ4v) is 2.68. The van der Waals surface area contributed by atoms with Crippen LogP contribution in [0.15, 0.2) is 54.6 Å². The van der Waals surface area contributed by atoms with Crippen LogP contribution < -0.4 is 20.5 Å². The Hall–Kier alpha value is -3.88. The van der Waals surface area contributed by atoms with Crippen molar-refractivity contribution in [1.29, 1.82) is 0 Å². The van der Waals surface area contributed by atoms with Crippen LogP contribution in [0.5, 0.6) is 11.5 Å². The number of nitrogens with two attached hydrogens (primary N) is 1. The molecule has 0 aliphatic carbocycles. The molecular formula is C22H25N5O4. The summed E-state index contributed by atoms with van der Waals surface area (Å²) < 4.78 is 16.1. The van der Waals surface area contributed by atoms with Gasteiger partial charge in [0.1, 0.15) is 11.5 Å². The lowest BCUT2D eigenvalue weighted by molar-refractivity contribution is -0.149. The number of para-hydroxylation sites is 1. The van der Waals surface area contributed by atoms with Gasteiger partial charge in [0.05, 0.1) is 13.7 Å². The number of benzene rings is 2. The molecule has 1 aromatic heterocycles. The molecule has 3 rings (SSSR count). The van der Waals surface area contributed by atoms with Gasteiger partial charge in [-0.15, -0.1) is 0 Å². The summed E-state index contributed by atoms with van der Waals surface area (Å²) in [6, 6.07) is 16.7. The lowest BCUT2D eigenvalue weighted by atomic mass is 10.3. The van der Waals surface area contributed by atoms with E-state index in [4.69, 9.17) is 19.9 Å². The molecule has 0 saturated carbocycles. The SMILES string of the molecule is COc1ccc(OCCCC(=O)O[C@H](C)c2nc(N)nc(Nc3ccccc3)n2)cc1. The molecule has 3 aromatic rings. The molecule has 0 amide bonds. The molecular weight excluding hydrogens is 398 g/mol. The Balaban J connectivity index is 1.47. The third kappa shape index (κ3) is 6.84. The Morgan fingerprint density at radius 1 is 1.03 bits per heavy atom. The zero-order valence-electron chi connectivity index (χ0n) is 17.4. The number of carbonyl (C=O) groups excluding carboxylic acids is 1. The van der Waals surface area contributed by atoms with Gasteiger partial charge >= 0.3 is 5.97 Å². The highest BCUT2D eigenvalue weighted by atomic mass is 16.5. The van der Waals surface area contributed by atoms with Crippen molar-refractivity contribution in [3.63, 3.8) is 0 Å². The van der Waals surface area contributed by atoms with Crippen LogP contribution in [0.4, 0.5) is 17.6 Å². The molecule has 1 heterocycles. The standard InChI is InChI=1S/C22H25N5O4/c1-15(20-25-21(23)27-22(26-20)24-16-7-4-3-5-8-16)31-19(28)9-6-14-30-18-12-10-17(29-2)11-13-18/h3-5,7-8,10-13,15H,6,9,14H2,1-2H3,(H3,23,24,25,26,27)/t15-/m1/s1. The Morgan fingerprint density at radius 3 is 2.45 bits per heavy atom. The summed E-state index contributed by atoms with van der Waals surface area (Å²) in [7, 11) is 1.61. The summed E-state index contributed by atoms with van der Waals surface area (Å²) >= 11 is 0. The maximum atomic E-state index is 12.2. The Kier molecular flexibility index (Phi) is 7.58. The normalized spacial score (nSPS) is 11.4. The van der Waals surface area contributed by atoms with Crippen LogP contribution in [0, 0.1) is 0 Å². The molecule has 3 N–H and O–H groups in total. The number of hydrogen-bond donors (Lipinski definition) is 2. The van der Waals surface area contributed by atoms with Crippen molar-refractivity contribution in [3.05, 3.63) is 60.4 Å². The number of ether oxygens (including phenoxy) is 3. The van der Waals surface area contributed by atoms with Gasteiger partial charge in [-0.1, -0.05) is 18.2 Å². The van der Waals surface area contributed by atoms with E-state index in [1.807, 2.05) is 54.6 Å². The van der Waals surface area contributed by atoms with E-state index in [2.05, 4.69) is 20.3 Å². The van der Waals surface area contributed by atoms with Crippen molar-refractivity contribution >= 4 is 23.6 Å². The number of carbonyl (C=O) groups is 1.